The number of carbonyl (C=O) groups excluding carboxylic acids is 1. The summed E-state index contributed by atoms with van der Waals surface area (Å²) in [6.45, 7) is 2.12. The maximum absolute atomic E-state index is 12.4. The standard InChI is InChI=1S/C27H26N6O4S/c1-18-3-10-22(11-4-18)38(35,36)32-27(34)28-15-13-19-5-7-20(8-6-19)33-25-12-9-21(37-2)17-24(25)30-26(33)23-14-16-29-31-23/h3-12,14,16-17H,13,15H2,1-2H3,(H,29,31)(H2,28,32,34). The van der Waals surface area contributed by atoms with E-state index in [9.17, 15) is 13.2 Å². The van der Waals surface area contributed by atoms with Gasteiger partial charge in [-0.1, -0.05) is 29.8 Å². The molecule has 2 heterocycles. The van der Waals surface area contributed by atoms with Gasteiger partial charge in [0.05, 0.1) is 23.0 Å². The quantitative estimate of drug-likeness (QED) is 0.278. The lowest BCUT2D eigenvalue weighted by atomic mass is 10.1. The van der Waals surface area contributed by atoms with Crippen LogP contribution in [0.3, 0.4) is 0 Å². The third-order valence-corrected chi connectivity index (χ3v) is 7.40. The third kappa shape index (κ3) is 5.23. The molecule has 0 fully saturated rings. The Bertz CT molecular complexity index is 1680. The molecule has 3 aromatic carbocycles. The number of aromatic nitrogens is 4. The number of rotatable bonds is 8. The van der Waals surface area contributed by atoms with E-state index < -0.39 is 16.1 Å². The molecule has 3 N–H and O–H groups in total. The van der Waals surface area contributed by atoms with Crippen molar-refractivity contribution in [1.82, 2.24) is 29.8 Å². The van der Waals surface area contributed by atoms with E-state index in [4.69, 9.17) is 9.72 Å². The lowest BCUT2D eigenvalue weighted by molar-refractivity contribution is 0.246. The van der Waals surface area contributed by atoms with Gasteiger partial charge in [0, 0.05) is 24.5 Å². The van der Waals surface area contributed by atoms with Crippen LogP contribution in [0.4, 0.5) is 4.79 Å². The predicted molar refractivity (Wildman–Crippen MR) is 144 cm³/mol. The van der Waals surface area contributed by atoms with Gasteiger partial charge in [0.25, 0.3) is 10.0 Å². The normalized spacial score (nSPS) is 11.4. The summed E-state index contributed by atoms with van der Waals surface area (Å²) in [4.78, 5) is 17.0. The molecule has 0 unspecified atom stereocenters. The first-order valence-electron chi connectivity index (χ1n) is 11.9. The number of aromatic amines is 1. The third-order valence-electron chi connectivity index (χ3n) is 6.06. The van der Waals surface area contributed by atoms with E-state index in [0.29, 0.717) is 12.2 Å². The monoisotopic (exact) mass is 530 g/mol. The van der Waals surface area contributed by atoms with Gasteiger partial charge < -0.3 is 10.1 Å². The maximum atomic E-state index is 12.4. The zero-order valence-electron chi connectivity index (χ0n) is 20.8. The second kappa shape index (κ2) is 10.4. The molecule has 5 rings (SSSR count). The van der Waals surface area contributed by atoms with Crippen LogP contribution in [0.1, 0.15) is 11.1 Å². The van der Waals surface area contributed by atoms with Crippen molar-refractivity contribution in [3.05, 3.63) is 90.1 Å². The van der Waals surface area contributed by atoms with Gasteiger partial charge in [-0.25, -0.2) is 22.9 Å². The largest absolute Gasteiger partial charge is 0.497 e. The molecular weight excluding hydrogens is 504 g/mol. The fourth-order valence-corrected chi connectivity index (χ4v) is 5.00. The summed E-state index contributed by atoms with van der Waals surface area (Å²) in [5, 5.41) is 9.65. The SMILES string of the molecule is COc1ccc2c(c1)nc(-c1ccn[nH]1)n2-c1ccc(CCNC(=O)NS(=O)(=O)c2ccc(C)cc2)cc1. The van der Waals surface area contributed by atoms with Crippen LogP contribution in [0.5, 0.6) is 5.75 Å². The van der Waals surface area contributed by atoms with Gasteiger partial charge in [-0.15, -0.1) is 0 Å². The van der Waals surface area contributed by atoms with Crippen LogP contribution >= 0.6 is 0 Å². The van der Waals surface area contributed by atoms with Crippen LogP contribution in [-0.2, 0) is 16.4 Å². The van der Waals surface area contributed by atoms with Crippen molar-refractivity contribution in [3.8, 4) is 23.0 Å². The van der Waals surface area contributed by atoms with Crippen molar-refractivity contribution >= 4 is 27.1 Å². The molecule has 0 radical (unpaired) electrons. The molecule has 0 spiro atoms. The van der Waals surface area contributed by atoms with Gasteiger partial charge in [-0.3, -0.25) is 9.67 Å². The van der Waals surface area contributed by atoms with Crippen molar-refractivity contribution in [1.29, 1.82) is 0 Å². The van der Waals surface area contributed by atoms with Gasteiger partial charge in [-0.05, 0) is 61.4 Å². The van der Waals surface area contributed by atoms with Gasteiger partial charge in [0.15, 0.2) is 5.82 Å². The molecule has 0 aliphatic rings. The summed E-state index contributed by atoms with van der Waals surface area (Å²) < 4.78 is 34.2. The van der Waals surface area contributed by atoms with E-state index in [1.165, 1.54) is 12.1 Å². The van der Waals surface area contributed by atoms with E-state index in [0.717, 1.165) is 39.3 Å². The Balaban J connectivity index is 1.28. The lowest BCUT2D eigenvalue weighted by Crippen LogP contribution is -2.40. The van der Waals surface area contributed by atoms with Crippen molar-refractivity contribution in [2.45, 2.75) is 18.2 Å². The minimum absolute atomic E-state index is 0.0359. The number of H-pyrrole nitrogens is 1. The average Bonchev–Trinajstić information content (AvgIpc) is 3.57. The molecule has 0 saturated heterocycles. The molecule has 0 atom stereocenters. The van der Waals surface area contributed by atoms with Crippen molar-refractivity contribution < 1.29 is 17.9 Å². The maximum Gasteiger partial charge on any atom is 0.328 e. The van der Waals surface area contributed by atoms with Gasteiger partial charge in [0.2, 0.25) is 0 Å². The highest BCUT2D eigenvalue weighted by atomic mass is 32.2. The first-order valence-corrected chi connectivity index (χ1v) is 13.4. The molecule has 0 saturated carbocycles. The van der Waals surface area contributed by atoms with Crippen molar-refractivity contribution in [2.24, 2.45) is 0 Å². The van der Waals surface area contributed by atoms with Crippen LogP contribution in [0, 0.1) is 6.92 Å². The Morgan fingerprint density at radius 3 is 2.47 bits per heavy atom. The number of carbonyl (C=O) groups is 1. The van der Waals surface area contributed by atoms with Crippen LogP contribution in [-0.4, -0.2) is 47.9 Å². The smallest absolute Gasteiger partial charge is 0.328 e. The topological polar surface area (TPSA) is 131 Å². The molecule has 5 aromatic rings. The molecule has 194 valence electrons. The molecule has 11 heteroatoms. The Morgan fingerprint density at radius 2 is 1.79 bits per heavy atom. The van der Waals surface area contributed by atoms with E-state index in [1.54, 1.807) is 25.4 Å². The Kier molecular flexibility index (Phi) is 6.84. The van der Waals surface area contributed by atoms with Gasteiger partial charge in [0.1, 0.15) is 11.4 Å². The number of ether oxygens (including phenoxy) is 1. The highest BCUT2D eigenvalue weighted by Crippen LogP contribution is 2.29. The fourth-order valence-electron chi connectivity index (χ4n) is 4.08. The summed E-state index contributed by atoms with van der Waals surface area (Å²) >= 11 is 0. The average molecular weight is 531 g/mol. The van der Waals surface area contributed by atoms with Crippen LogP contribution in [0.15, 0.2) is 83.9 Å². The molecule has 0 bridgehead atoms. The molecule has 2 aromatic heterocycles. The van der Waals surface area contributed by atoms with Gasteiger partial charge in [-0.2, -0.15) is 5.10 Å². The van der Waals surface area contributed by atoms with Crippen LogP contribution < -0.4 is 14.8 Å². The molecule has 2 amide bonds. The molecule has 0 aliphatic heterocycles. The number of nitrogens with one attached hydrogen (secondary N) is 3. The zero-order chi connectivity index (χ0) is 26.7. The summed E-state index contributed by atoms with van der Waals surface area (Å²) in [7, 11) is -2.31. The highest BCUT2D eigenvalue weighted by Gasteiger charge is 2.18. The van der Waals surface area contributed by atoms with E-state index in [-0.39, 0.29) is 11.4 Å². The van der Waals surface area contributed by atoms with Crippen molar-refractivity contribution in [3.63, 3.8) is 0 Å². The number of hydrogen-bond donors (Lipinski definition) is 3. The molecular formula is C27H26N6O4S. The molecule has 0 aliphatic carbocycles. The fraction of sp³-hybridized carbons (Fsp3) is 0.148. The first kappa shape index (κ1) is 25.0. The lowest BCUT2D eigenvalue weighted by Gasteiger charge is -2.11. The Morgan fingerprint density at radius 1 is 1.03 bits per heavy atom. The number of methoxy groups -OCH3 is 1. The number of amides is 2. The van der Waals surface area contributed by atoms with Gasteiger partial charge >= 0.3 is 6.03 Å². The summed E-state index contributed by atoms with van der Waals surface area (Å²) in [5.74, 6) is 1.43. The second-order valence-corrected chi connectivity index (χ2v) is 10.4. The number of nitrogens with zero attached hydrogens (tertiary/aromatic N) is 3. The number of fused-ring (bicyclic) bond motifs is 1. The summed E-state index contributed by atoms with van der Waals surface area (Å²) in [6, 6.07) is 21.0. The first-order chi connectivity index (χ1) is 18.3. The zero-order valence-corrected chi connectivity index (χ0v) is 21.6. The van der Waals surface area contributed by atoms with Crippen molar-refractivity contribution in [2.75, 3.05) is 13.7 Å². The van der Waals surface area contributed by atoms with E-state index in [2.05, 4.69) is 15.5 Å². The Hall–Kier alpha value is -4.64. The number of benzene rings is 3. The summed E-state index contributed by atoms with van der Waals surface area (Å²) in [6.07, 6.45) is 2.20. The predicted octanol–water partition coefficient (Wildman–Crippen LogP) is 3.96. The number of urea groups is 1. The molecule has 38 heavy (non-hydrogen) atoms. The number of imidazole rings is 1. The number of sulfonamides is 1. The van der Waals surface area contributed by atoms with Crippen LogP contribution in [0.25, 0.3) is 28.2 Å². The van der Waals surface area contributed by atoms with Crippen LogP contribution in [0.2, 0.25) is 0 Å². The number of aryl methyl sites for hydroxylation is 1. The minimum Gasteiger partial charge on any atom is -0.497 e. The highest BCUT2D eigenvalue weighted by molar-refractivity contribution is 7.90. The summed E-state index contributed by atoms with van der Waals surface area (Å²) in [5.41, 5.74) is 5.29. The van der Waals surface area contributed by atoms with E-state index >= 15 is 0 Å². The number of hydrogen-bond acceptors (Lipinski definition) is 6. The molecule has 10 nitrogen and oxygen atoms in total. The van der Waals surface area contributed by atoms with E-state index in [1.807, 2.05) is 64.7 Å². The minimum atomic E-state index is -3.93. The Labute approximate surface area is 219 Å². The second-order valence-electron chi connectivity index (χ2n) is 8.69.